The minimum Gasteiger partial charge on any atom is -0.457 e. The van der Waals surface area contributed by atoms with E-state index in [-0.39, 0.29) is 11.5 Å². The van der Waals surface area contributed by atoms with Gasteiger partial charge >= 0.3 is 0 Å². The maximum Gasteiger partial charge on any atom is 0.162 e. The Morgan fingerprint density at radius 2 is 1.35 bits per heavy atom. The van der Waals surface area contributed by atoms with Gasteiger partial charge in [0.15, 0.2) is 11.6 Å². The number of halogens is 3. The van der Waals surface area contributed by atoms with Crippen molar-refractivity contribution < 1.29 is 17.9 Å². The summed E-state index contributed by atoms with van der Waals surface area (Å²) in [7, 11) is 0. The van der Waals surface area contributed by atoms with Crippen molar-refractivity contribution >= 4 is 0 Å². The van der Waals surface area contributed by atoms with Crippen molar-refractivity contribution in [3.05, 3.63) is 59.4 Å². The molecule has 0 aliphatic rings. The topological polar surface area (TPSA) is 9.23 Å². The fourth-order valence-electron chi connectivity index (χ4n) is 1.31. The van der Waals surface area contributed by atoms with E-state index < -0.39 is 17.5 Å². The normalized spacial score (nSPS) is 10.4. The molecule has 1 nitrogen and oxygen atoms in total. The highest BCUT2D eigenvalue weighted by molar-refractivity contribution is 5.33. The van der Waals surface area contributed by atoms with Crippen LogP contribution in [0.2, 0.25) is 0 Å². The number of hydrogen-bond donors (Lipinski definition) is 0. The highest BCUT2D eigenvalue weighted by Crippen LogP contribution is 2.24. The molecule has 2 aromatic rings. The molecule has 0 bridgehead atoms. The lowest BCUT2D eigenvalue weighted by Gasteiger charge is -2.06. The zero-order valence-electron chi connectivity index (χ0n) is 9.01. The largest absolute Gasteiger partial charge is 0.457 e. The van der Waals surface area contributed by atoms with E-state index in [1.807, 2.05) is 0 Å². The minimum absolute atomic E-state index is 0.118. The molecular formula is C13H9F3O. The average molecular weight is 238 g/mol. The van der Waals surface area contributed by atoms with Crippen LogP contribution in [-0.2, 0) is 0 Å². The van der Waals surface area contributed by atoms with Crippen molar-refractivity contribution in [3.8, 4) is 11.5 Å². The summed E-state index contributed by atoms with van der Waals surface area (Å²) in [5, 5.41) is 0. The van der Waals surface area contributed by atoms with Crippen molar-refractivity contribution in [2.24, 2.45) is 0 Å². The molecule has 17 heavy (non-hydrogen) atoms. The second-order valence-electron chi connectivity index (χ2n) is 3.59. The van der Waals surface area contributed by atoms with E-state index in [0.717, 1.165) is 12.1 Å². The Morgan fingerprint density at radius 1 is 0.765 bits per heavy atom. The zero-order chi connectivity index (χ0) is 12.4. The molecule has 0 amide bonds. The van der Waals surface area contributed by atoms with Crippen LogP contribution in [-0.4, -0.2) is 0 Å². The van der Waals surface area contributed by atoms with Crippen LogP contribution >= 0.6 is 0 Å². The van der Waals surface area contributed by atoms with Gasteiger partial charge in [-0.15, -0.1) is 0 Å². The molecule has 0 fully saturated rings. The van der Waals surface area contributed by atoms with Gasteiger partial charge < -0.3 is 4.74 Å². The van der Waals surface area contributed by atoms with E-state index in [2.05, 4.69) is 0 Å². The van der Waals surface area contributed by atoms with Crippen LogP contribution in [0.1, 0.15) is 5.56 Å². The van der Waals surface area contributed by atoms with E-state index in [1.165, 1.54) is 12.1 Å². The minimum atomic E-state index is -1.00. The summed E-state index contributed by atoms with van der Waals surface area (Å²) in [6.07, 6.45) is 0. The third-order valence-corrected chi connectivity index (χ3v) is 2.27. The van der Waals surface area contributed by atoms with Crippen LogP contribution in [0.15, 0.2) is 36.4 Å². The molecule has 4 heteroatoms. The molecule has 0 aromatic heterocycles. The molecule has 0 N–H and O–H groups in total. The third kappa shape index (κ3) is 2.58. The van der Waals surface area contributed by atoms with E-state index >= 15 is 0 Å². The molecule has 0 heterocycles. The standard InChI is InChI=1S/C13H9F3O/c1-8-2-3-9(6-12(8)15)17-10-4-5-11(14)13(16)7-10/h2-7H,1H3. The third-order valence-electron chi connectivity index (χ3n) is 2.27. The maximum atomic E-state index is 13.2. The highest BCUT2D eigenvalue weighted by Gasteiger charge is 2.05. The second kappa shape index (κ2) is 4.49. The summed E-state index contributed by atoms with van der Waals surface area (Å²) in [6, 6.07) is 7.43. The molecule has 0 spiro atoms. The number of aryl methyl sites for hydroxylation is 1. The van der Waals surface area contributed by atoms with Gasteiger partial charge in [0.05, 0.1) is 0 Å². The first-order valence-electron chi connectivity index (χ1n) is 4.95. The molecule has 0 saturated carbocycles. The van der Waals surface area contributed by atoms with Gasteiger partial charge in [-0.1, -0.05) is 6.07 Å². The number of rotatable bonds is 2. The van der Waals surface area contributed by atoms with Crippen LogP contribution in [0.4, 0.5) is 13.2 Å². The van der Waals surface area contributed by atoms with Crippen molar-refractivity contribution in [2.75, 3.05) is 0 Å². The van der Waals surface area contributed by atoms with E-state index in [4.69, 9.17) is 4.74 Å². The van der Waals surface area contributed by atoms with Crippen molar-refractivity contribution in [3.63, 3.8) is 0 Å². The summed E-state index contributed by atoms with van der Waals surface area (Å²) in [5.41, 5.74) is 0.489. The molecule has 0 aliphatic carbocycles. The van der Waals surface area contributed by atoms with Crippen molar-refractivity contribution in [2.45, 2.75) is 6.92 Å². The molecule has 88 valence electrons. The molecular weight excluding hydrogens is 229 g/mol. The predicted octanol–water partition coefficient (Wildman–Crippen LogP) is 4.20. The summed E-state index contributed by atoms with van der Waals surface area (Å²) in [6.45, 7) is 1.62. The van der Waals surface area contributed by atoms with Crippen LogP contribution in [0, 0.1) is 24.4 Å². The lowest BCUT2D eigenvalue weighted by molar-refractivity contribution is 0.457. The Balaban J connectivity index is 2.25. The highest BCUT2D eigenvalue weighted by atomic mass is 19.2. The van der Waals surface area contributed by atoms with E-state index in [1.54, 1.807) is 19.1 Å². The van der Waals surface area contributed by atoms with Gasteiger partial charge in [0.25, 0.3) is 0 Å². The van der Waals surface area contributed by atoms with E-state index in [0.29, 0.717) is 5.56 Å². The Kier molecular flexibility index (Phi) is 3.04. The molecule has 0 saturated heterocycles. The van der Waals surface area contributed by atoms with E-state index in [9.17, 15) is 13.2 Å². The maximum absolute atomic E-state index is 13.2. The fourth-order valence-corrected chi connectivity index (χ4v) is 1.31. The molecule has 0 unspecified atom stereocenters. The summed E-state index contributed by atoms with van der Waals surface area (Å²) >= 11 is 0. The fraction of sp³-hybridized carbons (Fsp3) is 0.0769. The molecule has 0 aliphatic heterocycles. The quantitative estimate of drug-likeness (QED) is 0.761. The van der Waals surface area contributed by atoms with Gasteiger partial charge in [-0.05, 0) is 30.7 Å². The first-order valence-corrected chi connectivity index (χ1v) is 4.95. The average Bonchev–Trinajstić information content (AvgIpc) is 2.29. The number of hydrogen-bond acceptors (Lipinski definition) is 1. The number of benzene rings is 2. The monoisotopic (exact) mass is 238 g/mol. The van der Waals surface area contributed by atoms with Gasteiger partial charge in [0, 0.05) is 12.1 Å². The van der Waals surface area contributed by atoms with Gasteiger partial charge in [-0.2, -0.15) is 0 Å². The SMILES string of the molecule is Cc1ccc(Oc2ccc(F)c(F)c2)cc1F. The Bertz CT molecular complexity index is 503. The summed E-state index contributed by atoms with van der Waals surface area (Å²) in [4.78, 5) is 0. The van der Waals surface area contributed by atoms with Crippen LogP contribution in [0.25, 0.3) is 0 Å². The first kappa shape index (κ1) is 11.5. The molecule has 0 atom stereocenters. The van der Waals surface area contributed by atoms with Gasteiger partial charge in [0.1, 0.15) is 17.3 Å². The van der Waals surface area contributed by atoms with Crippen LogP contribution in [0.3, 0.4) is 0 Å². The first-order chi connectivity index (χ1) is 8.06. The van der Waals surface area contributed by atoms with Gasteiger partial charge in [-0.25, -0.2) is 13.2 Å². The Labute approximate surface area is 96.5 Å². The van der Waals surface area contributed by atoms with Crippen molar-refractivity contribution in [1.29, 1.82) is 0 Å². The predicted molar refractivity (Wildman–Crippen MR) is 57.6 cm³/mol. The zero-order valence-corrected chi connectivity index (χ0v) is 9.01. The molecule has 2 aromatic carbocycles. The van der Waals surface area contributed by atoms with Crippen LogP contribution in [0.5, 0.6) is 11.5 Å². The number of ether oxygens (including phenoxy) is 1. The van der Waals surface area contributed by atoms with Crippen LogP contribution < -0.4 is 4.74 Å². The lowest BCUT2D eigenvalue weighted by Crippen LogP contribution is -1.90. The second-order valence-corrected chi connectivity index (χ2v) is 3.59. The van der Waals surface area contributed by atoms with Gasteiger partial charge in [-0.3, -0.25) is 0 Å². The Hall–Kier alpha value is -1.97. The Morgan fingerprint density at radius 3 is 1.94 bits per heavy atom. The summed E-state index contributed by atoms with van der Waals surface area (Å²) < 4.78 is 44.0. The lowest BCUT2D eigenvalue weighted by atomic mass is 10.2. The smallest absolute Gasteiger partial charge is 0.162 e. The van der Waals surface area contributed by atoms with Crippen molar-refractivity contribution in [1.82, 2.24) is 0 Å². The summed E-state index contributed by atoms with van der Waals surface area (Å²) in [5.74, 6) is -2.01. The van der Waals surface area contributed by atoms with Gasteiger partial charge in [0.2, 0.25) is 0 Å². The molecule has 0 radical (unpaired) electrons. The molecule has 2 rings (SSSR count).